The van der Waals surface area contributed by atoms with Crippen molar-refractivity contribution in [2.45, 2.75) is 27.7 Å². The molecule has 0 atom stereocenters. The maximum absolute atomic E-state index is 10.0. The van der Waals surface area contributed by atoms with Crippen molar-refractivity contribution < 1.29 is 4.92 Å². The smallest absolute Gasteiger partial charge is 0.258 e. The molecule has 0 heterocycles. The lowest BCUT2D eigenvalue weighted by Crippen LogP contribution is -1.93. The van der Waals surface area contributed by atoms with Crippen LogP contribution in [0.2, 0.25) is 0 Å². The van der Waals surface area contributed by atoms with Crippen LogP contribution in [-0.2, 0) is 0 Å². The summed E-state index contributed by atoms with van der Waals surface area (Å²) in [7, 11) is 0. The molecule has 14 heavy (non-hydrogen) atoms. The van der Waals surface area contributed by atoms with E-state index in [-0.39, 0.29) is 5.69 Å². The number of nitro benzene ring substituents is 1. The molecule has 0 amide bonds. The molecule has 0 aliphatic heterocycles. The molecule has 3 heteroatoms. The van der Waals surface area contributed by atoms with Crippen molar-refractivity contribution in [2.24, 2.45) is 5.41 Å². The molecular formula is C11H17NO2. The summed E-state index contributed by atoms with van der Waals surface area (Å²) in [5.41, 5.74) is 0.637. The highest BCUT2D eigenvalue weighted by atomic mass is 16.6. The van der Waals surface area contributed by atoms with Gasteiger partial charge in [0.05, 0.1) is 4.92 Å². The molecule has 3 nitrogen and oxygen atoms in total. The van der Waals surface area contributed by atoms with Gasteiger partial charge in [0.15, 0.2) is 0 Å². The Balaban J connectivity index is 0.000000292. The van der Waals surface area contributed by atoms with Crippen LogP contribution in [0.25, 0.3) is 0 Å². The minimum atomic E-state index is -0.417. The van der Waals surface area contributed by atoms with Crippen molar-refractivity contribution >= 4 is 5.69 Å². The summed E-state index contributed by atoms with van der Waals surface area (Å²) in [6, 6.07) is 7.93. The zero-order chi connectivity index (χ0) is 11.2. The van der Waals surface area contributed by atoms with Crippen molar-refractivity contribution in [2.75, 3.05) is 0 Å². The lowest BCUT2D eigenvalue weighted by Gasteiger charge is -2.05. The molecular weight excluding hydrogens is 178 g/mol. The maximum Gasteiger partial charge on any atom is 0.269 e. The highest BCUT2D eigenvalue weighted by molar-refractivity contribution is 5.27. The van der Waals surface area contributed by atoms with E-state index in [9.17, 15) is 10.1 Å². The maximum atomic E-state index is 10.0. The second kappa shape index (κ2) is 5.37. The average Bonchev–Trinajstić information content (AvgIpc) is 2.03. The molecule has 78 valence electrons. The number of rotatable bonds is 1. The van der Waals surface area contributed by atoms with Crippen LogP contribution in [0.1, 0.15) is 27.7 Å². The van der Waals surface area contributed by atoms with Gasteiger partial charge < -0.3 is 0 Å². The molecule has 0 spiro atoms. The van der Waals surface area contributed by atoms with Crippen LogP contribution in [-0.4, -0.2) is 4.92 Å². The van der Waals surface area contributed by atoms with E-state index in [1.165, 1.54) is 12.1 Å². The molecule has 0 fully saturated rings. The zero-order valence-corrected chi connectivity index (χ0v) is 9.15. The summed E-state index contributed by atoms with van der Waals surface area (Å²) < 4.78 is 0. The van der Waals surface area contributed by atoms with Crippen molar-refractivity contribution in [1.82, 2.24) is 0 Å². The van der Waals surface area contributed by atoms with Crippen LogP contribution in [0.15, 0.2) is 30.3 Å². The van der Waals surface area contributed by atoms with Gasteiger partial charge in [-0.15, -0.1) is 0 Å². The van der Waals surface area contributed by atoms with E-state index in [2.05, 4.69) is 27.7 Å². The molecule has 0 aliphatic rings. The van der Waals surface area contributed by atoms with E-state index in [0.29, 0.717) is 5.41 Å². The zero-order valence-electron chi connectivity index (χ0n) is 9.15. The molecule has 0 aromatic heterocycles. The van der Waals surface area contributed by atoms with Crippen LogP contribution >= 0.6 is 0 Å². The first-order chi connectivity index (χ1) is 6.30. The Bertz CT molecular complexity index is 269. The Kier molecular flexibility index (Phi) is 4.84. The largest absolute Gasteiger partial charge is 0.269 e. The van der Waals surface area contributed by atoms with Gasteiger partial charge >= 0.3 is 0 Å². The number of hydrogen-bond acceptors (Lipinski definition) is 2. The van der Waals surface area contributed by atoms with E-state index in [1.54, 1.807) is 18.2 Å². The van der Waals surface area contributed by atoms with Gasteiger partial charge in [0, 0.05) is 12.1 Å². The van der Waals surface area contributed by atoms with E-state index in [1.807, 2.05) is 0 Å². The van der Waals surface area contributed by atoms with Crippen molar-refractivity contribution in [3.8, 4) is 0 Å². The summed E-state index contributed by atoms with van der Waals surface area (Å²) in [6.07, 6.45) is 0. The third-order valence-electron chi connectivity index (χ3n) is 0.967. The molecule has 0 saturated heterocycles. The first-order valence-corrected chi connectivity index (χ1v) is 4.50. The van der Waals surface area contributed by atoms with Crippen LogP contribution in [0, 0.1) is 15.5 Å². The average molecular weight is 195 g/mol. The molecule has 1 aromatic carbocycles. The van der Waals surface area contributed by atoms with Crippen molar-refractivity contribution in [1.29, 1.82) is 0 Å². The summed E-state index contributed by atoms with van der Waals surface area (Å²) in [4.78, 5) is 9.59. The van der Waals surface area contributed by atoms with Crippen molar-refractivity contribution in [3.63, 3.8) is 0 Å². The molecule has 0 unspecified atom stereocenters. The Morgan fingerprint density at radius 3 is 1.64 bits per heavy atom. The monoisotopic (exact) mass is 195 g/mol. The van der Waals surface area contributed by atoms with Crippen LogP contribution in [0.4, 0.5) is 5.69 Å². The minimum Gasteiger partial charge on any atom is -0.258 e. The predicted octanol–water partition coefficient (Wildman–Crippen LogP) is 3.65. The van der Waals surface area contributed by atoms with Gasteiger partial charge in [-0.3, -0.25) is 10.1 Å². The fraction of sp³-hybridized carbons (Fsp3) is 0.455. The SMILES string of the molecule is CC(C)(C)C.O=[N+]([O-])c1ccccc1. The standard InChI is InChI=1S/C6H5NO2.C5H12/c8-7(9)6-4-2-1-3-5-6;1-5(2,3)4/h1-5H;1-4H3. The highest BCUT2D eigenvalue weighted by Gasteiger charge is 1.98. The van der Waals surface area contributed by atoms with Crippen LogP contribution < -0.4 is 0 Å². The Hall–Kier alpha value is -1.38. The number of para-hydroxylation sites is 1. The predicted molar refractivity (Wildman–Crippen MR) is 58.2 cm³/mol. The third-order valence-corrected chi connectivity index (χ3v) is 0.967. The lowest BCUT2D eigenvalue weighted by molar-refractivity contribution is -0.384. The lowest BCUT2D eigenvalue weighted by atomic mass is 10.0. The Morgan fingerprint density at radius 2 is 1.43 bits per heavy atom. The van der Waals surface area contributed by atoms with E-state index in [0.717, 1.165) is 0 Å². The quantitative estimate of drug-likeness (QED) is 0.507. The fourth-order valence-corrected chi connectivity index (χ4v) is 0.550. The third kappa shape index (κ3) is 8.71. The van der Waals surface area contributed by atoms with Crippen molar-refractivity contribution in [3.05, 3.63) is 40.4 Å². The van der Waals surface area contributed by atoms with Gasteiger partial charge in [-0.2, -0.15) is 0 Å². The summed E-state index contributed by atoms with van der Waals surface area (Å²) in [6.45, 7) is 8.75. The molecule has 0 aliphatic carbocycles. The highest BCUT2D eigenvalue weighted by Crippen LogP contribution is 2.08. The topological polar surface area (TPSA) is 43.1 Å². The first kappa shape index (κ1) is 12.6. The van der Waals surface area contributed by atoms with Gasteiger partial charge in [-0.25, -0.2) is 0 Å². The second-order valence-corrected chi connectivity index (χ2v) is 4.59. The van der Waals surface area contributed by atoms with Crippen LogP contribution in [0.3, 0.4) is 0 Å². The summed E-state index contributed by atoms with van der Waals surface area (Å²) >= 11 is 0. The molecule has 1 aromatic rings. The molecule has 0 radical (unpaired) electrons. The number of benzene rings is 1. The van der Waals surface area contributed by atoms with Gasteiger partial charge in [0.25, 0.3) is 5.69 Å². The fourth-order valence-electron chi connectivity index (χ4n) is 0.550. The first-order valence-electron chi connectivity index (χ1n) is 4.50. The summed E-state index contributed by atoms with van der Waals surface area (Å²) in [5, 5.41) is 10.0. The van der Waals surface area contributed by atoms with E-state index >= 15 is 0 Å². The minimum absolute atomic E-state index is 0.137. The normalized spacial score (nSPS) is 10.0. The Labute approximate surface area is 84.9 Å². The van der Waals surface area contributed by atoms with Gasteiger partial charge in [-0.1, -0.05) is 45.9 Å². The Morgan fingerprint density at radius 1 is 1.07 bits per heavy atom. The van der Waals surface area contributed by atoms with Gasteiger partial charge in [0.2, 0.25) is 0 Å². The second-order valence-electron chi connectivity index (χ2n) is 4.59. The van der Waals surface area contributed by atoms with Gasteiger partial charge in [0.1, 0.15) is 0 Å². The molecule has 0 bridgehead atoms. The van der Waals surface area contributed by atoms with Crippen LogP contribution in [0.5, 0.6) is 0 Å². The molecule has 0 N–H and O–H groups in total. The number of non-ortho nitro benzene ring substituents is 1. The summed E-state index contributed by atoms with van der Waals surface area (Å²) in [5.74, 6) is 0. The van der Waals surface area contributed by atoms with Gasteiger partial charge in [-0.05, 0) is 5.41 Å². The van der Waals surface area contributed by atoms with E-state index < -0.39 is 4.92 Å². The number of nitrogens with zero attached hydrogens (tertiary/aromatic N) is 1. The molecule has 1 rings (SSSR count). The number of nitro groups is 1. The van der Waals surface area contributed by atoms with E-state index in [4.69, 9.17) is 0 Å². The number of hydrogen-bond donors (Lipinski definition) is 0. The molecule has 0 saturated carbocycles.